The van der Waals surface area contributed by atoms with Crippen molar-refractivity contribution >= 4 is 17.6 Å². The van der Waals surface area contributed by atoms with Crippen LogP contribution in [0.3, 0.4) is 0 Å². The van der Waals surface area contributed by atoms with Gasteiger partial charge in [-0.3, -0.25) is 0 Å². The van der Waals surface area contributed by atoms with Gasteiger partial charge in [0.15, 0.2) is 6.10 Å². The third kappa shape index (κ3) is 3.32. The molecule has 0 aliphatic rings. The molecule has 0 saturated carbocycles. The maximum atomic E-state index is 10.4. The van der Waals surface area contributed by atoms with Crippen molar-refractivity contribution in [2.45, 2.75) is 12.5 Å². The second-order valence-electron chi connectivity index (χ2n) is 1.52. The van der Waals surface area contributed by atoms with Crippen LogP contribution < -0.4 is 0 Å². The second-order valence-corrected chi connectivity index (χ2v) is 1.89. The van der Waals surface area contributed by atoms with E-state index in [-0.39, 0.29) is 12.3 Å². The average molecular weight is 153 g/mol. The Balaban J connectivity index is 3.45. The molecule has 4 heteroatoms. The number of aliphatic hydroxyl groups excluding tert-OH is 1. The van der Waals surface area contributed by atoms with E-state index in [0.717, 1.165) is 0 Å². The van der Waals surface area contributed by atoms with Gasteiger partial charge in [-0.05, 0) is 6.42 Å². The molecule has 0 bridgehead atoms. The van der Waals surface area contributed by atoms with Crippen molar-refractivity contribution < 1.29 is 14.6 Å². The third-order valence-corrected chi connectivity index (χ3v) is 1.07. The van der Waals surface area contributed by atoms with Crippen molar-refractivity contribution in [2.75, 3.05) is 13.0 Å². The lowest BCUT2D eigenvalue weighted by Gasteiger charge is -2.03. The maximum absolute atomic E-state index is 10.4. The fourth-order valence-electron chi connectivity index (χ4n) is 0.357. The van der Waals surface area contributed by atoms with E-state index in [0.29, 0.717) is 0 Å². The molecule has 1 atom stereocenters. The molecular weight excluding hydrogens is 144 g/mol. The van der Waals surface area contributed by atoms with Crippen LogP contribution >= 0.6 is 11.6 Å². The predicted octanol–water partition coefficient (Wildman–Crippen LogP) is 0.149. The molecular formula is C5H9ClO3. The van der Waals surface area contributed by atoms with E-state index >= 15 is 0 Å². The van der Waals surface area contributed by atoms with Crippen LogP contribution in [0, 0.1) is 0 Å². The van der Waals surface area contributed by atoms with E-state index in [1.165, 1.54) is 7.11 Å². The van der Waals surface area contributed by atoms with Gasteiger partial charge in [-0.25, -0.2) is 4.79 Å². The quantitative estimate of drug-likeness (QED) is 0.463. The van der Waals surface area contributed by atoms with Crippen molar-refractivity contribution in [2.24, 2.45) is 0 Å². The first-order valence-electron chi connectivity index (χ1n) is 2.54. The molecule has 0 aromatic carbocycles. The van der Waals surface area contributed by atoms with Crippen molar-refractivity contribution in [1.29, 1.82) is 0 Å². The molecule has 0 spiro atoms. The van der Waals surface area contributed by atoms with Gasteiger partial charge in [0.2, 0.25) is 0 Å². The van der Waals surface area contributed by atoms with Crippen LogP contribution in [-0.2, 0) is 9.53 Å². The Hall–Kier alpha value is -0.280. The Morgan fingerprint density at radius 3 is 2.78 bits per heavy atom. The summed E-state index contributed by atoms with van der Waals surface area (Å²) in [6.45, 7) is 0. The van der Waals surface area contributed by atoms with Crippen LogP contribution in [-0.4, -0.2) is 30.2 Å². The van der Waals surface area contributed by atoms with Crippen LogP contribution in [0.1, 0.15) is 6.42 Å². The number of methoxy groups -OCH3 is 1. The number of hydrogen-bond acceptors (Lipinski definition) is 3. The zero-order valence-corrected chi connectivity index (χ0v) is 5.89. The molecule has 1 N–H and O–H groups in total. The zero-order valence-electron chi connectivity index (χ0n) is 5.13. The molecule has 0 radical (unpaired) electrons. The molecule has 54 valence electrons. The summed E-state index contributed by atoms with van der Waals surface area (Å²) in [6.07, 6.45) is -0.818. The van der Waals surface area contributed by atoms with Crippen molar-refractivity contribution in [1.82, 2.24) is 0 Å². The lowest BCUT2D eigenvalue weighted by Crippen LogP contribution is -2.21. The Morgan fingerprint density at radius 1 is 1.89 bits per heavy atom. The fourth-order valence-corrected chi connectivity index (χ4v) is 0.564. The van der Waals surface area contributed by atoms with Crippen LogP contribution in [0.25, 0.3) is 0 Å². The number of alkyl halides is 1. The lowest BCUT2D eigenvalue weighted by molar-refractivity contribution is -0.150. The minimum Gasteiger partial charge on any atom is -0.467 e. The number of hydrogen-bond donors (Lipinski definition) is 1. The average Bonchev–Trinajstić information content (AvgIpc) is 1.87. The van der Waals surface area contributed by atoms with Gasteiger partial charge in [-0.2, -0.15) is 0 Å². The standard InChI is InChI=1S/C5H9ClO3/c1-9-5(8)4(7)2-3-6/h4,7H,2-3H2,1H3/t4-/m1/s1. The van der Waals surface area contributed by atoms with Gasteiger partial charge in [0.25, 0.3) is 0 Å². The topological polar surface area (TPSA) is 46.5 Å². The first-order chi connectivity index (χ1) is 4.22. The Kier molecular flexibility index (Phi) is 4.44. The van der Waals surface area contributed by atoms with Crippen LogP contribution in [0.2, 0.25) is 0 Å². The molecule has 0 saturated heterocycles. The van der Waals surface area contributed by atoms with Gasteiger partial charge in [0, 0.05) is 5.88 Å². The van der Waals surface area contributed by atoms with Crippen molar-refractivity contribution in [3.8, 4) is 0 Å². The van der Waals surface area contributed by atoms with E-state index in [4.69, 9.17) is 16.7 Å². The van der Waals surface area contributed by atoms with Crippen molar-refractivity contribution in [3.63, 3.8) is 0 Å². The predicted molar refractivity (Wildman–Crippen MR) is 33.4 cm³/mol. The molecule has 3 nitrogen and oxygen atoms in total. The summed E-state index contributed by atoms with van der Waals surface area (Å²) < 4.78 is 4.22. The van der Waals surface area contributed by atoms with Gasteiger partial charge in [-0.1, -0.05) is 0 Å². The summed E-state index contributed by atoms with van der Waals surface area (Å²) in [6, 6.07) is 0. The summed E-state index contributed by atoms with van der Waals surface area (Å²) in [4.78, 5) is 10.4. The number of esters is 1. The normalized spacial score (nSPS) is 12.8. The van der Waals surface area contributed by atoms with E-state index in [9.17, 15) is 4.79 Å². The largest absolute Gasteiger partial charge is 0.467 e. The fraction of sp³-hybridized carbons (Fsp3) is 0.800. The molecule has 0 fully saturated rings. The van der Waals surface area contributed by atoms with Crippen LogP contribution in [0.4, 0.5) is 0 Å². The minimum atomic E-state index is -1.06. The lowest BCUT2D eigenvalue weighted by atomic mass is 10.3. The highest BCUT2D eigenvalue weighted by atomic mass is 35.5. The number of ether oxygens (including phenoxy) is 1. The number of halogens is 1. The zero-order chi connectivity index (χ0) is 7.28. The first kappa shape index (κ1) is 8.72. The number of aliphatic hydroxyl groups is 1. The summed E-state index contributed by atoms with van der Waals surface area (Å²) in [7, 11) is 1.22. The van der Waals surface area contributed by atoms with Crippen molar-refractivity contribution in [3.05, 3.63) is 0 Å². The highest BCUT2D eigenvalue weighted by Crippen LogP contribution is 1.95. The molecule has 0 heterocycles. The maximum Gasteiger partial charge on any atom is 0.334 e. The molecule has 0 aliphatic heterocycles. The molecule has 9 heavy (non-hydrogen) atoms. The Labute approximate surface area is 58.6 Å². The monoisotopic (exact) mass is 152 g/mol. The molecule has 0 aliphatic carbocycles. The van der Waals surface area contributed by atoms with E-state index in [1.807, 2.05) is 0 Å². The molecule has 0 aromatic rings. The van der Waals surface area contributed by atoms with E-state index in [2.05, 4.69) is 4.74 Å². The molecule has 0 aromatic heterocycles. The van der Waals surface area contributed by atoms with Crippen LogP contribution in [0.15, 0.2) is 0 Å². The highest BCUT2D eigenvalue weighted by Gasteiger charge is 2.12. The Morgan fingerprint density at radius 2 is 2.44 bits per heavy atom. The number of carbonyl (C=O) groups is 1. The summed E-state index contributed by atoms with van der Waals surface area (Å²) in [5, 5.41) is 8.76. The number of rotatable bonds is 3. The SMILES string of the molecule is COC(=O)[C@H](O)CCCl. The van der Waals surface area contributed by atoms with Gasteiger partial charge in [0.1, 0.15) is 0 Å². The molecule has 0 unspecified atom stereocenters. The van der Waals surface area contributed by atoms with Gasteiger partial charge < -0.3 is 9.84 Å². The third-order valence-electron chi connectivity index (χ3n) is 0.856. The van der Waals surface area contributed by atoms with Gasteiger partial charge >= 0.3 is 5.97 Å². The van der Waals surface area contributed by atoms with Gasteiger partial charge in [0.05, 0.1) is 7.11 Å². The Bertz CT molecular complexity index is 94.2. The highest BCUT2D eigenvalue weighted by molar-refractivity contribution is 6.18. The summed E-state index contributed by atoms with van der Waals surface area (Å²) >= 11 is 5.23. The number of carbonyl (C=O) groups excluding carboxylic acids is 1. The smallest absolute Gasteiger partial charge is 0.334 e. The second kappa shape index (κ2) is 4.58. The summed E-state index contributed by atoms with van der Waals surface area (Å²) in [5.41, 5.74) is 0. The molecule has 0 rings (SSSR count). The van der Waals surface area contributed by atoms with E-state index in [1.54, 1.807) is 0 Å². The first-order valence-corrected chi connectivity index (χ1v) is 3.07. The summed E-state index contributed by atoms with van der Waals surface area (Å²) in [5.74, 6) is -0.369. The van der Waals surface area contributed by atoms with Gasteiger partial charge in [-0.15, -0.1) is 11.6 Å². The van der Waals surface area contributed by atoms with Crippen LogP contribution in [0.5, 0.6) is 0 Å². The van der Waals surface area contributed by atoms with E-state index < -0.39 is 12.1 Å². The molecule has 0 amide bonds. The minimum absolute atomic E-state index is 0.244.